The summed E-state index contributed by atoms with van der Waals surface area (Å²) >= 11 is 3.42. The molecule has 16 heteroatoms. The third kappa shape index (κ3) is 8.19. The number of H-pyrrole nitrogens is 2. The van der Waals surface area contributed by atoms with Crippen LogP contribution in [0.5, 0.6) is 0 Å². The number of carbonyl (C=O) groups is 4. The smallest absolute Gasteiger partial charge is 0.407 e. The van der Waals surface area contributed by atoms with E-state index < -0.39 is 24.3 Å². The Hall–Kier alpha value is -6.00. The fraction of sp³-hybridized carbons (Fsp3) is 0.349. The van der Waals surface area contributed by atoms with Crippen LogP contribution >= 0.6 is 22.7 Å². The van der Waals surface area contributed by atoms with Gasteiger partial charge in [-0.2, -0.15) is 0 Å². The first-order valence-electron chi connectivity index (χ1n) is 19.7. The van der Waals surface area contributed by atoms with Crippen molar-refractivity contribution in [3.05, 3.63) is 96.3 Å². The molecule has 4 aromatic heterocycles. The first-order valence-corrected chi connectivity index (χ1v) is 21.3. The summed E-state index contributed by atoms with van der Waals surface area (Å²) in [4.78, 5) is 73.9. The normalized spacial score (nSPS) is 17.6. The van der Waals surface area contributed by atoms with Crippen LogP contribution in [0.3, 0.4) is 0 Å². The maximum absolute atomic E-state index is 13.9. The fourth-order valence-electron chi connectivity index (χ4n) is 7.99. The van der Waals surface area contributed by atoms with Gasteiger partial charge in [0.2, 0.25) is 5.91 Å². The van der Waals surface area contributed by atoms with Crippen molar-refractivity contribution in [2.45, 2.75) is 63.7 Å². The summed E-state index contributed by atoms with van der Waals surface area (Å²) in [7, 11) is 2.58. The van der Waals surface area contributed by atoms with Gasteiger partial charge in [0.15, 0.2) is 0 Å². The molecular formula is C43H46N8O6S2. The lowest BCUT2D eigenvalue weighted by molar-refractivity contribution is -0.135. The summed E-state index contributed by atoms with van der Waals surface area (Å²) in [6.45, 7) is 4.96. The third-order valence-corrected chi connectivity index (χ3v) is 13.4. The number of nitrogens with one attached hydrogen (secondary N) is 4. The van der Waals surface area contributed by atoms with E-state index in [1.54, 1.807) is 27.6 Å². The number of alkyl carbamates (subject to hydrolysis) is 2. The number of hydrogen-bond donors (Lipinski definition) is 4. The van der Waals surface area contributed by atoms with E-state index in [0.29, 0.717) is 18.7 Å². The maximum atomic E-state index is 13.9. The molecule has 4 amide bonds. The van der Waals surface area contributed by atoms with Crippen molar-refractivity contribution >= 4 is 56.1 Å². The quantitative estimate of drug-likeness (QED) is 0.101. The number of hydrogen-bond acceptors (Lipinski definition) is 10. The molecule has 306 valence electrons. The molecule has 8 rings (SSSR count). The fourth-order valence-corrected chi connectivity index (χ4v) is 10.4. The molecule has 2 aliphatic rings. The van der Waals surface area contributed by atoms with E-state index in [4.69, 9.17) is 14.5 Å². The summed E-state index contributed by atoms with van der Waals surface area (Å²) in [5, 5.41) is 5.42. The van der Waals surface area contributed by atoms with Crippen molar-refractivity contribution in [2.75, 3.05) is 27.3 Å². The van der Waals surface area contributed by atoms with Crippen LogP contribution in [0.4, 0.5) is 9.59 Å². The van der Waals surface area contributed by atoms with Crippen molar-refractivity contribution in [1.82, 2.24) is 40.4 Å². The van der Waals surface area contributed by atoms with Crippen molar-refractivity contribution in [2.24, 2.45) is 5.92 Å². The highest BCUT2D eigenvalue weighted by Gasteiger charge is 2.39. The Kier molecular flexibility index (Phi) is 11.5. The number of benzene rings is 2. The number of carbonyl (C=O) groups excluding carboxylic acids is 4. The van der Waals surface area contributed by atoms with Crippen LogP contribution in [0, 0.1) is 5.92 Å². The van der Waals surface area contributed by atoms with Gasteiger partial charge in [-0.05, 0) is 60.4 Å². The van der Waals surface area contributed by atoms with Gasteiger partial charge >= 0.3 is 12.2 Å². The second-order valence-electron chi connectivity index (χ2n) is 15.1. The Morgan fingerprint density at radius 3 is 1.88 bits per heavy atom. The number of methoxy groups -OCH3 is 2. The van der Waals surface area contributed by atoms with Crippen LogP contribution in [-0.4, -0.2) is 87.1 Å². The first kappa shape index (κ1) is 39.8. The van der Waals surface area contributed by atoms with Gasteiger partial charge in [-0.25, -0.2) is 19.6 Å². The number of fused-ring (bicyclic) bond motifs is 1. The van der Waals surface area contributed by atoms with Crippen molar-refractivity contribution < 1.29 is 28.7 Å². The molecule has 0 aliphatic carbocycles. The summed E-state index contributed by atoms with van der Waals surface area (Å²) < 4.78 is 11.9. The molecule has 0 saturated carbocycles. The molecular weight excluding hydrogens is 789 g/mol. The largest absolute Gasteiger partial charge is 0.453 e. The zero-order valence-corrected chi connectivity index (χ0v) is 34.8. The standard InChI is InChI=1S/C43H46N8O6S2/c1-24(2)36(48-42(54)56-3)40(52)50-18-8-12-30(50)38-44-22-28(46-38)25-14-16-26(17-15-25)32-20-34-35(58-32)21-33(59-34)29-23-45-39(47-29)31-13-9-19-51(31)41(53)37(49-43(55)57-4)27-10-6-5-7-11-27/h5-7,10-11,14-17,20-24,30-31,36-37H,8-9,12-13,18-19H2,1-4H3,(H,44,46)(H,45,47)(H,48,54)(H,49,55)/t30?,31?,36-,37+/m0/s1. The molecule has 6 heterocycles. The van der Waals surface area contributed by atoms with E-state index in [1.165, 1.54) is 23.6 Å². The summed E-state index contributed by atoms with van der Waals surface area (Å²) in [5.74, 6) is 1.01. The predicted molar refractivity (Wildman–Crippen MR) is 227 cm³/mol. The van der Waals surface area contributed by atoms with Crippen molar-refractivity contribution in [3.63, 3.8) is 0 Å². The van der Waals surface area contributed by atoms with Crippen LogP contribution in [0.2, 0.25) is 0 Å². The van der Waals surface area contributed by atoms with Gasteiger partial charge in [0.1, 0.15) is 23.7 Å². The zero-order valence-electron chi connectivity index (χ0n) is 33.2. The molecule has 0 radical (unpaired) electrons. The molecule has 0 bridgehead atoms. The molecule has 2 fully saturated rings. The molecule has 0 spiro atoms. The number of rotatable bonds is 11. The van der Waals surface area contributed by atoms with Crippen LogP contribution in [0.1, 0.15) is 74.9 Å². The highest BCUT2D eigenvalue weighted by molar-refractivity contribution is 7.31. The van der Waals surface area contributed by atoms with Crippen LogP contribution in [0.15, 0.2) is 79.1 Å². The van der Waals surface area contributed by atoms with Gasteiger partial charge in [0.25, 0.3) is 5.91 Å². The average molecular weight is 835 g/mol. The minimum atomic E-state index is -0.874. The van der Waals surface area contributed by atoms with Crippen LogP contribution < -0.4 is 10.6 Å². The SMILES string of the molecule is COC(=O)N[C@H](C(=O)N1CCCC1c1ncc(-c2ccc(-c3cc4sc(-c5cnc(C6CCCN6C(=O)[C@H](NC(=O)OC)c6ccccc6)[nH]5)cc4s3)cc2)[nH]1)C(C)C. The molecule has 2 aliphatic heterocycles. The Balaban J connectivity index is 0.936. The zero-order chi connectivity index (χ0) is 41.2. The number of aromatic amines is 2. The van der Waals surface area contributed by atoms with E-state index in [-0.39, 0.29) is 29.8 Å². The number of nitrogens with zero attached hydrogens (tertiary/aromatic N) is 4. The number of likely N-dealkylation sites (tertiary alicyclic amines) is 2. The van der Waals surface area contributed by atoms with Gasteiger partial charge in [-0.1, -0.05) is 68.4 Å². The number of imidazole rings is 2. The molecule has 14 nitrogen and oxygen atoms in total. The van der Waals surface area contributed by atoms with Gasteiger partial charge in [0.05, 0.1) is 55.0 Å². The summed E-state index contributed by atoms with van der Waals surface area (Å²) in [6.07, 6.45) is 5.58. The summed E-state index contributed by atoms with van der Waals surface area (Å²) in [6, 6.07) is 20.0. The predicted octanol–water partition coefficient (Wildman–Crippen LogP) is 8.21. The molecule has 59 heavy (non-hydrogen) atoms. The molecule has 6 aromatic rings. The molecule has 2 aromatic carbocycles. The Morgan fingerprint density at radius 1 is 0.712 bits per heavy atom. The second kappa shape index (κ2) is 17.1. The molecule has 4 atom stereocenters. The van der Waals surface area contributed by atoms with Crippen LogP contribution in [-0.2, 0) is 19.1 Å². The lowest BCUT2D eigenvalue weighted by atomic mass is 10.0. The highest BCUT2D eigenvalue weighted by Crippen LogP contribution is 2.43. The van der Waals surface area contributed by atoms with E-state index in [0.717, 1.165) is 69.6 Å². The van der Waals surface area contributed by atoms with Gasteiger partial charge in [0, 0.05) is 27.4 Å². The minimum absolute atomic E-state index is 0.104. The second-order valence-corrected chi connectivity index (χ2v) is 17.3. The first-order chi connectivity index (χ1) is 28.6. The van der Waals surface area contributed by atoms with Crippen LogP contribution in [0.25, 0.3) is 41.7 Å². The lowest BCUT2D eigenvalue weighted by Crippen LogP contribution is -2.51. The van der Waals surface area contributed by atoms with Crippen molar-refractivity contribution in [3.8, 4) is 32.3 Å². The molecule has 4 N–H and O–H groups in total. The average Bonchev–Trinajstić information content (AvgIpc) is 4.10. The highest BCUT2D eigenvalue weighted by atomic mass is 32.1. The van der Waals surface area contributed by atoms with E-state index in [2.05, 4.69) is 62.0 Å². The monoisotopic (exact) mass is 834 g/mol. The topological polar surface area (TPSA) is 175 Å². The van der Waals surface area contributed by atoms with Gasteiger partial charge < -0.3 is 39.9 Å². The van der Waals surface area contributed by atoms with Gasteiger partial charge in [-0.3, -0.25) is 9.59 Å². The maximum Gasteiger partial charge on any atom is 0.407 e. The minimum Gasteiger partial charge on any atom is -0.453 e. The lowest BCUT2D eigenvalue weighted by Gasteiger charge is -2.30. The number of amides is 4. The Labute approximate surface area is 349 Å². The summed E-state index contributed by atoms with van der Waals surface area (Å²) in [5.41, 5.74) is 4.55. The third-order valence-electron chi connectivity index (χ3n) is 11.1. The van der Waals surface area contributed by atoms with E-state index >= 15 is 0 Å². The number of aromatic nitrogens is 4. The van der Waals surface area contributed by atoms with E-state index in [9.17, 15) is 19.2 Å². The molecule has 2 unspecified atom stereocenters. The van der Waals surface area contributed by atoms with Crippen molar-refractivity contribution in [1.29, 1.82) is 0 Å². The number of ether oxygens (including phenoxy) is 2. The molecule has 2 saturated heterocycles. The van der Waals surface area contributed by atoms with Gasteiger partial charge in [-0.15, -0.1) is 22.7 Å². The Morgan fingerprint density at radius 2 is 1.25 bits per heavy atom. The Bertz CT molecular complexity index is 2420. The number of thiophene rings is 2. The van der Waals surface area contributed by atoms with E-state index in [1.807, 2.05) is 61.5 Å².